The van der Waals surface area contributed by atoms with Gasteiger partial charge in [-0.1, -0.05) is 133 Å². The quantitative estimate of drug-likeness (QED) is 0.252. The molecule has 0 radical (unpaired) electrons. The van der Waals surface area contributed by atoms with E-state index in [2.05, 4.69) is 60.7 Å². The van der Waals surface area contributed by atoms with Crippen LogP contribution < -0.4 is 0 Å². The van der Waals surface area contributed by atoms with Crippen molar-refractivity contribution in [2.24, 2.45) is 0 Å². The third-order valence-corrected chi connectivity index (χ3v) is 7.98. The minimum absolute atomic E-state index is 0.227. The molecule has 0 atom stereocenters. The molecule has 39 heavy (non-hydrogen) atoms. The zero-order chi connectivity index (χ0) is 26.4. The fraction of sp³-hybridized carbons (Fsp3) is 0.0270. The molecule has 7 rings (SSSR count). The molecule has 0 saturated carbocycles. The molecule has 2 heteroatoms. The Bertz CT molecular complexity index is 1680. The van der Waals surface area contributed by atoms with E-state index in [4.69, 9.17) is 0 Å². The van der Waals surface area contributed by atoms with Crippen molar-refractivity contribution in [3.8, 4) is 44.9 Å². The number of fused-ring (bicyclic) bond motifs is 3. The Morgan fingerprint density at radius 1 is 0.359 bits per heavy atom. The summed E-state index contributed by atoms with van der Waals surface area (Å²) in [6, 6.07) is 48.8. The van der Waals surface area contributed by atoms with Gasteiger partial charge in [-0.2, -0.15) is 0 Å². The summed E-state index contributed by atoms with van der Waals surface area (Å²) in [7, 11) is 0. The summed E-state index contributed by atoms with van der Waals surface area (Å²) in [5, 5.41) is 22.7. The Morgan fingerprint density at radius 2 is 0.744 bits per heavy atom. The molecule has 1 aliphatic rings. The molecule has 0 heterocycles. The molecule has 0 unspecified atom stereocenters. The molecule has 0 amide bonds. The minimum Gasteiger partial charge on any atom is -0.507 e. The molecule has 2 nitrogen and oxygen atoms in total. The average Bonchev–Trinajstić information content (AvgIpc) is 3.29. The molecule has 1 aliphatic carbocycles. The molecule has 6 aromatic rings. The number of rotatable bonds is 4. The first-order valence-corrected chi connectivity index (χ1v) is 13.1. The van der Waals surface area contributed by atoms with Crippen LogP contribution in [-0.4, -0.2) is 10.2 Å². The number of benzene rings is 6. The number of hydrogen-bond acceptors (Lipinski definition) is 2. The molecule has 0 aliphatic heterocycles. The van der Waals surface area contributed by atoms with Gasteiger partial charge >= 0.3 is 0 Å². The van der Waals surface area contributed by atoms with Crippen LogP contribution in [0.4, 0.5) is 0 Å². The van der Waals surface area contributed by atoms with Crippen LogP contribution in [0.25, 0.3) is 33.4 Å². The van der Waals surface area contributed by atoms with Crippen LogP contribution in [-0.2, 0) is 5.41 Å². The SMILES string of the molecule is Oc1cc(C2(c3ccc(-c4ccccc4)c(O)c3)c3ccccc3-c3ccccc32)ccc1-c1ccccc1. The lowest BCUT2D eigenvalue weighted by atomic mass is 9.67. The third kappa shape index (κ3) is 3.49. The number of hydrogen-bond donors (Lipinski definition) is 2. The van der Waals surface area contributed by atoms with E-state index in [0.29, 0.717) is 0 Å². The molecule has 0 bridgehead atoms. The van der Waals surface area contributed by atoms with Crippen molar-refractivity contribution in [3.63, 3.8) is 0 Å². The van der Waals surface area contributed by atoms with Crippen molar-refractivity contribution in [1.82, 2.24) is 0 Å². The molecule has 0 spiro atoms. The highest BCUT2D eigenvalue weighted by Gasteiger charge is 2.46. The van der Waals surface area contributed by atoms with E-state index in [1.54, 1.807) is 0 Å². The maximum Gasteiger partial charge on any atom is 0.123 e. The van der Waals surface area contributed by atoms with E-state index in [9.17, 15) is 10.2 Å². The smallest absolute Gasteiger partial charge is 0.123 e. The second-order valence-corrected chi connectivity index (χ2v) is 10.0. The second kappa shape index (κ2) is 9.04. The Morgan fingerprint density at radius 3 is 1.15 bits per heavy atom. The van der Waals surface area contributed by atoms with E-state index in [1.165, 1.54) is 0 Å². The van der Waals surface area contributed by atoms with Gasteiger partial charge in [0, 0.05) is 11.1 Å². The topological polar surface area (TPSA) is 40.5 Å². The van der Waals surface area contributed by atoms with E-state index in [-0.39, 0.29) is 11.5 Å². The van der Waals surface area contributed by atoms with Crippen molar-refractivity contribution in [1.29, 1.82) is 0 Å². The predicted octanol–water partition coefficient (Wildman–Crippen LogP) is 8.79. The first-order chi connectivity index (χ1) is 19.2. The highest BCUT2D eigenvalue weighted by atomic mass is 16.3. The van der Waals surface area contributed by atoms with Gasteiger partial charge in [0.1, 0.15) is 11.5 Å². The van der Waals surface area contributed by atoms with E-state index < -0.39 is 5.41 Å². The van der Waals surface area contributed by atoms with Crippen LogP contribution in [0.1, 0.15) is 22.3 Å². The summed E-state index contributed by atoms with van der Waals surface area (Å²) in [5.74, 6) is 0.454. The lowest BCUT2D eigenvalue weighted by molar-refractivity contribution is 0.474. The Balaban J connectivity index is 1.51. The Hall–Kier alpha value is -5.08. The van der Waals surface area contributed by atoms with Gasteiger partial charge in [0.05, 0.1) is 5.41 Å². The molecule has 0 saturated heterocycles. The highest BCUT2D eigenvalue weighted by Crippen LogP contribution is 2.57. The Labute approximate surface area is 228 Å². The maximum absolute atomic E-state index is 11.4. The minimum atomic E-state index is -0.716. The monoisotopic (exact) mass is 502 g/mol. The lowest BCUT2D eigenvalue weighted by Gasteiger charge is -2.34. The second-order valence-electron chi connectivity index (χ2n) is 10.0. The third-order valence-electron chi connectivity index (χ3n) is 7.98. The maximum atomic E-state index is 11.4. The van der Waals surface area contributed by atoms with Gasteiger partial charge in [0.15, 0.2) is 0 Å². The van der Waals surface area contributed by atoms with Gasteiger partial charge in [-0.25, -0.2) is 0 Å². The van der Waals surface area contributed by atoms with E-state index in [1.807, 2.05) is 84.9 Å². The molecule has 6 aromatic carbocycles. The van der Waals surface area contributed by atoms with Gasteiger partial charge in [0.25, 0.3) is 0 Å². The van der Waals surface area contributed by atoms with Gasteiger partial charge < -0.3 is 10.2 Å². The number of phenols is 2. The van der Waals surface area contributed by atoms with E-state index in [0.717, 1.165) is 55.6 Å². The summed E-state index contributed by atoms with van der Waals surface area (Å²) in [6.07, 6.45) is 0. The summed E-state index contributed by atoms with van der Waals surface area (Å²) < 4.78 is 0. The fourth-order valence-corrected chi connectivity index (χ4v) is 6.28. The van der Waals surface area contributed by atoms with Gasteiger partial charge in [-0.3, -0.25) is 0 Å². The molecule has 2 N–H and O–H groups in total. The van der Waals surface area contributed by atoms with Crippen molar-refractivity contribution in [2.75, 3.05) is 0 Å². The standard InChI is InChI=1S/C37H26O2/c38-35-23-27(19-21-29(35)25-11-3-1-4-12-25)37(28-20-22-30(36(39)24-28)26-13-5-2-6-14-26)33-17-9-7-15-31(33)32-16-8-10-18-34(32)37/h1-24,38-39H. The van der Waals surface area contributed by atoms with Crippen molar-refractivity contribution >= 4 is 0 Å². The predicted molar refractivity (Wildman–Crippen MR) is 158 cm³/mol. The molecule has 0 aromatic heterocycles. The largest absolute Gasteiger partial charge is 0.507 e. The summed E-state index contributed by atoms with van der Waals surface area (Å²) in [6.45, 7) is 0. The lowest BCUT2D eigenvalue weighted by Crippen LogP contribution is -2.28. The molecule has 0 fully saturated rings. The summed E-state index contributed by atoms with van der Waals surface area (Å²) >= 11 is 0. The summed E-state index contributed by atoms with van der Waals surface area (Å²) in [4.78, 5) is 0. The van der Waals surface area contributed by atoms with Crippen molar-refractivity contribution in [2.45, 2.75) is 5.41 Å². The van der Waals surface area contributed by atoms with E-state index >= 15 is 0 Å². The van der Waals surface area contributed by atoms with Crippen molar-refractivity contribution in [3.05, 3.63) is 168 Å². The van der Waals surface area contributed by atoms with Crippen LogP contribution in [0.3, 0.4) is 0 Å². The van der Waals surface area contributed by atoms with Crippen LogP contribution >= 0.6 is 0 Å². The number of phenolic OH excluding ortho intramolecular Hbond substituents is 2. The van der Waals surface area contributed by atoms with Crippen LogP contribution in [0.15, 0.2) is 146 Å². The van der Waals surface area contributed by atoms with Crippen LogP contribution in [0.5, 0.6) is 11.5 Å². The zero-order valence-corrected chi connectivity index (χ0v) is 21.3. The zero-order valence-electron chi connectivity index (χ0n) is 21.3. The first kappa shape index (κ1) is 23.1. The molecule has 186 valence electrons. The highest BCUT2D eigenvalue weighted by molar-refractivity contribution is 5.87. The number of aromatic hydroxyl groups is 2. The average molecular weight is 503 g/mol. The summed E-state index contributed by atoms with van der Waals surface area (Å²) in [5.41, 5.74) is 9.26. The van der Waals surface area contributed by atoms with Gasteiger partial charge in [-0.05, 0) is 56.6 Å². The first-order valence-electron chi connectivity index (χ1n) is 13.1. The van der Waals surface area contributed by atoms with Crippen molar-refractivity contribution < 1.29 is 10.2 Å². The Kier molecular flexibility index (Phi) is 5.35. The molecular weight excluding hydrogens is 476 g/mol. The molecular formula is C37H26O2. The van der Waals surface area contributed by atoms with Crippen LogP contribution in [0.2, 0.25) is 0 Å². The normalized spacial score (nSPS) is 13.0. The van der Waals surface area contributed by atoms with Gasteiger partial charge in [0.2, 0.25) is 0 Å². The van der Waals surface area contributed by atoms with Gasteiger partial charge in [-0.15, -0.1) is 0 Å². The van der Waals surface area contributed by atoms with Crippen LogP contribution in [0, 0.1) is 0 Å². The fourth-order valence-electron chi connectivity index (χ4n) is 6.28.